The van der Waals surface area contributed by atoms with E-state index in [1.54, 1.807) is 41.3 Å². The summed E-state index contributed by atoms with van der Waals surface area (Å²) in [6.45, 7) is 0.788. The fourth-order valence-corrected chi connectivity index (χ4v) is 3.29. The Morgan fingerprint density at radius 1 is 1.03 bits per heavy atom. The van der Waals surface area contributed by atoms with Gasteiger partial charge in [0.15, 0.2) is 0 Å². The molecule has 0 saturated heterocycles. The first-order valence-electron chi connectivity index (χ1n) is 9.56. The summed E-state index contributed by atoms with van der Waals surface area (Å²) in [6.07, 6.45) is 0.559. The van der Waals surface area contributed by atoms with E-state index in [-0.39, 0.29) is 11.8 Å². The van der Waals surface area contributed by atoms with Crippen LogP contribution in [0.5, 0.6) is 0 Å². The maximum absolute atomic E-state index is 13.3. The molecular formula is C23H20ClFN4O. The number of aromatic nitrogens is 2. The summed E-state index contributed by atoms with van der Waals surface area (Å²) >= 11 is 5.92. The lowest BCUT2D eigenvalue weighted by molar-refractivity contribution is 0.209. The van der Waals surface area contributed by atoms with E-state index in [0.717, 1.165) is 22.4 Å². The molecular weight excluding hydrogens is 403 g/mol. The van der Waals surface area contributed by atoms with Crippen LogP contribution >= 0.6 is 11.6 Å². The number of benzene rings is 3. The minimum absolute atomic E-state index is 0.252. The van der Waals surface area contributed by atoms with Crippen molar-refractivity contribution in [2.45, 2.75) is 13.0 Å². The number of halogens is 2. The van der Waals surface area contributed by atoms with Crippen molar-refractivity contribution < 1.29 is 9.18 Å². The normalized spacial score (nSPS) is 10.9. The van der Waals surface area contributed by atoms with Gasteiger partial charge in [-0.15, -0.1) is 0 Å². The molecule has 7 heteroatoms. The Labute approximate surface area is 178 Å². The lowest BCUT2D eigenvalue weighted by Gasteiger charge is -2.23. The van der Waals surface area contributed by atoms with Crippen LogP contribution in [0, 0.1) is 5.82 Å². The van der Waals surface area contributed by atoms with E-state index in [9.17, 15) is 9.18 Å². The highest BCUT2D eigenvalue weighted by Crippen LogP contribution is 2.16. The number of rotatable bonds is 6. The number of nitrogens with one attached hydrogen (secondary N) is 2. The van der Waals surface area contributed by atoms with Crippen LogP contribution in [0.1, 0.15) is 11.4 Å². The Balaban J connectivity index is 1.49. The average Bonchev–Trinajstić information content (AvgIpc) is 3.17. The Kier molecular flexibility index (Phi) is 5.95. The van der Waals surface area contributed by atoms with Crippen molar-refractivity contribution in [2.75, 3.05) is 11.9 Å². The van der Waals surface area contributed by atoms with E-state index < -0.39 is 0 Å². The van der Waals surface area contributed by atoms with Gasteiger partial charge in [0.1, 0.15) is 11.6 Å². The van der Waals surface area contributed by atoms with Crippen LogP contribution in [0.15, 0.2) is 72.8 Å². The standard InChI is InChI=1S/C23H20ClFN4O/c24-17-7-11-19(12-8-17)26-23(30)29(15-16-5-9-18(25)10-6-16)14-13-22-27-20-3-1-2-4-21(20)28-22/h1-12H,13-15H2,(H,26,30)(H,27,28). The first kappa shape index (κ1) is 19.9. The lowest BCUT2D eigenvalue weighted by Crippen LogP contribution is -2.36. The molecule has 2 N–H and O–H groups in total. The highest BCUT2D eigenvalue weighted by Gasteiger charge is 2.16. The van der Waals surface area contributed by atoms with Gasteiger partial charge in [-0.3, -0.25) is 0 Å². The summed E-state index contributed by atoms with van der Waals surface area (Å²) in [4.78, 5) is 22.5. The number of anilines is 1. The zero-order chi connectivity index (χ0) is 20.9. The Morgan fingerprint density at radius 2 is 1.77 bits per heavy atom. The summed E-state index contributed by atoms with van der Waals surface area (Å²) in [5.41, 5.74) is 3.34. The Hall–Kier alpha value is -3.38. The minimum atomic E-state index is -0.307. The molecule has 0 saturated carbocycles. The maximum Gasteiger partial charge on any atom is 0.322 e. The van der Waals surface area contributed by atoms with Crippen molar-refractivity contribution in [3.8, 4) is 0 Å². The second kappa shape index (κ2) is 8.97. The van der Waals surface area contributed by atoms with Gasteiger partial charge in [0.05, 0.1) is 11.0 Å². The zero-order valence-corrected chi connectivity index (χ0v) is 16.9. The summed E-state index contributed by atoms with van der Waals surface area (Å²) in [5.74, 6) is 0.498. The molecule has 1 aromatic heterocycles. The summed E-state index contributed by atoms with van der Waals surface area (Å²) < 4.78 is 13.3. The predicted molar refractivity (Wildman–Crippen MR) is 117 cm³/mol. The van der Waals surface area contributed by atoms with E-state index in [2.05, 4.69) is 15.3 Å². The van der Waals surface area contributed by atoms with Gasteiger partial charge in [0.2, 0.25) is 0 Å². The van der Waals surface area contributed by atoms with E-state index in [1.165, 1.54) is 12.1 Å². The summed E-state index contributed by atoms with van der Waals surface area (Å²) in [5, 5.41) is 3.49. The molecule has 4 rings (SSSR count). The molecule has 0 spiro atoms. The van der Waals surface area contributed by atoms with Crippen molar-refractivity contribution in [3.05, 3.63) is 95.0 Å². The molecule has 0 fully saturated rings. The van der Waals surface area contributed by atoms with Crippen LogP contribution in [0.3, 0.4) is 0 Å². The van der Waals surface area contributed by atoms with Gasteiger partial charge in [0, 0.05) is 30.2 Å². The smallest absolute Gasteiger partial charge is 0.322 e. The third-order valence-corrected chi connectivity index (χ3v) is 4.98. The predicted octanol–water partition coefficient (Wildman–Crippen LogP) is 5.63. The quantitative estimate of drug-likeness (QED) is 0.423. The number of urea groups is 1. The van der Waals surface area contributed by atoms with Gasteiger partial charge in [-0.25, -0.2) is 14.2 Å². The van der Waals surface area contributed by atoms with Gasteiger partial charge in [0.25, 0.3) is 0 Å². The zero-order valence-electron chi connectivity index (χ0n) is 16.1. The number of para-hydroxylation sites is 2. The Morgan fingerprint density at radius 3 is 2.50 bits per heavy atom. The van der Waals surface area contributed by atoms with E-state index in [4.69, 9.17) is 11.6 Å². The van der Waals surface area contributed by atoms with Crippen LogP contribution in [-0.4, -0.2) is 27.4 Å². The third kappa shape index (κ3) is 4.96. The first-order valence-corrected chi connectivity index (χ1v) is 9.94. The van der Waals surface area contributed by atoms with Crippen molar-refractivity contribution in [3.63, 3.8) is 0 Å². The number of amides is 2. The second-order valence-corrected chi connectivity index (χ2v) is 7.37. The monoisotopic (exact) mass is 422 g/mol. The van der Waals surface area contributed by atoms with Gasteiger partial charge in [-0.05, 0) is 54.1 Å². The topological polar surface area (TPSA) is 61.0 Å². The van der Waals surface area contributed by atoms with Crippen LogP contribution in [0.4, 0.5) is 14.9 Å². The minimum Gasteiger partial charge on any atom is -0.342 e. The molecule has 5 nitrogen and oxygen atoms in total. The number of fused-ring (bicyclic) bond motifs is 1. The molecule has 0 bridgehead atoms. The molecule has 0 aliphatic heterocycles. The first-order chi connectivity index (χ1) is 14.6. The molecule has 0 aliphatic rings. The van der Waals surface area contributed by atoms with Crippen molar-refractivity contribution in [1.29, 1.82) is 0 Å². The molecule has 4 aromatic rings. The van der Waals surface area contributed by atoms with Crippen molar-refractivity contribution in [1.82, 2.24) is 14.9 Å². The fourth-order valence-electron chi connectivity index (χ4n) is 3.16. The van der Waals surface area contributed by atoms with E-state index in [0.29, 0.717) is 30.2 Å². The highest BCUT2D eigenvalue weighted by molar-refractivity contribution is 6.30. The average molecular weight is 423 g/mol. The van der Waals surface area contributed by atoms with E-state index >= 15 is 0 Å². The number of H-pyrrole nitrogens is 1. The number of carbonyl (C=O) groups is 1. The highest BCUT2D eigenvalue weighted by atomic mass is 35.5. The molecule has 3 aromatic carbocycles. The van der Waals surface area contributed by atoms with Gasteiger partial charge < -0.3 is 15.2 Å². The van der Waals surface area contributed by atoms with Gasteiger partial charge in [-0.1, -0.05) is 35.9 Å². The number of aromatic amines is 1. The number of imidazole rings is 1. The Bertz CT molecular complexity index is 1110. The lowest BCUT2D eigenvalue weighted by atomic mass is 10.2. The number of hydrogen-bond donors (Lipinski definition) is 2. The maximum atomic E-state index is 13.3. The number of hydrogen-bond acceptors (Lipinski definition) is 2. The molecule has 0 atom stereocenters. The van der Waals surface area contributed by atoms with Crippen LogP contribution in [0.25, 0.3) is 11.0 Å². The SMILES string of the molecule is O=C(Nc1ccc(Cl)cc1)N(CCc1nc2ccccc2[nH]1)Cc1ccc(F)cc1. The fraction of sp³-hybridized carbons (Fsp3) is 0.130. The van der Waals surface area contributed by atoms with E-state index in [1.807, 2.05) is 24.3 Å². The van der Waals surface area contributed by atoms with Crippen molar-refractivity contribution >= 4 is 34.4 Å². The molecule has 1 heterocycles. The molecule has 0 radical (unpaired) electrons. The largest absolute Gasteiger partial charge is 0.342 e. The molecule has 0 unspecified atom stereocenters. The van der Waals surface area contributed by atoms with Gasteiger partial charge >= 0.3 is 6.03 Å². The molecule has 0 aliphatic carbocycles. The number of carbonyl (C=O) groups excluding carboxylic acids is 1. The van der Waals surface area contributed by atoms with Crippen molar-refractivity contribution in [2.24, 2.45) is 0 Å². The molecule has 30 heavy (non-hydrogen) atoms. The van der Waals surface area contributed by atoms with Crippen LogP contribution < -0.4 is 5.32 Å². The van der Waals surface area contributed by atoms with Crippen LogP contribution in [-0.2, 0) is 13.0 Å². The summed E-state index contributed by atoms with van der Waals surface area (Å²) in [6, 6.07) is 20.6. The van der Waals surface area contributed by atoms with Gasteiger partial charge in [-0.2, -0.15) is 0 Å². The second-order valence-electron chi connectivity index (χ2n) is 6.94. The molecule has 2 amide bonds. The summed E-state index contributed by atoms with van der Waals surface area (Å²) in [7, 11) is 0. The third-order valence-electron chi connectivity index (χ3n) is 4.73. The molecule has 152 valence electrons. The number of nitrogens with zero attached hydrogens (tertiary/aromatic N) is 2. The van der Waals surface area contributed by atoms with Crippen LogP contribution in [0.2, 0.25) is 5.02 Å².